The van der Waals surface area contributed by atoms with Crippen molar-refractivity contribution in [2.24, 2.45) is 5.92 Å². The molecular weight excluding hydrogens is 468 g/mol. The first-order valence-corrected chi connectivity index (χ1v) is 14.6. The molecule has 0 N–H and O–H groups in total. The third-order valence-electron chi connectivity index (χ3n) is 7.03. The number of halogens is 4. The number of hydrogen-bond donors (Lipinski definition) is 0. The maximum absolute atomic E-state index is 13.8. The van der Waals surface area contributed by atoms with Gasteiger partial charge in [-0.3, -0.25) is 0 Å². The minimum Gasteiger partial charge on any atom is -0.306 e. The van der Waals surface area contributed by atoms with Crippen LogP contribution in [0.2, 0.25) is 0 Å². The molecule has 0 aliphatic carbocycles. The van der Waals surface area contributed by atoms with Gasteiger partial charge in [0.25, 0.3) is 11.8 Å². The molecule has 1 atom stereocenters. The standard InChI is InChI=1S/C12H22F2N2.C6H11F2N.C6H13N.2C2H6/c1-15-8-5-11(12(13,14)10-15)9-16-6-3-2-4-7-16;1-9-4-2-3-6(7,8)5-9;1-7-5-3-2-4-6-7;2*1-2/h11H,2-10H2,1H3;2-5H2,1H3;2-6H2,1H3;2*1-2H3. The van der Waals surface area contributed by atoms with Crippen LogP contribution in [0.5, 0.6) is 0 Å². The lowest BCUT2D eigenvalue weighted by Gasteiger charge is -2.39. The topological polar surface area (TPSA) is 13.0 Å². The van der Waals surface area contributed by atoms with Crippen molar-refractivity contribution in [2.45, 2.75) is 97.3 Å². The van der Waals surface area contributed by atoms with Gasteiger partial charge in [-0.05, 0) is 98.9 Å². The number of alkyl halides is 4. The van der Waals surface area contributed by atoms with E-state index in [-0.39, 0.29) is 19.5 Å². The lowest BCUT2D eigenvalue weighted by Crippen LogP contribution is -2.51. The van der Waals surface area contributed by atoms with Gasteiger partial charge in [-0.2, -0.15) is 0 Å². The van der Waals surface area contributed by atoms with Gasteiger partial charge in [-0.25, -0.2) is 17.6 Å². The van der Waals surface area contributed by atoms with Crippen LogP contribution in [-0.2, 0) is 0 Å². The average Bonchev–Trinajstić information content (AvgIpc) is 2.84. The van der Waals surface area contributed by atoms with Gasteiger partial charge in [0.05, 0.1) is 13.1 Å². The Morgan fingerprint density at radius 2 is 1.06 bits per heavy atom. The summed E-state index contributed by atoms with van der Waals surface area (Å²) in [4.78, 5) is 8.03. The summed E-state index contributed by atoms with van der Waals surface area (Å²) in [6.07, 6.45) is 9.23. The molecule has 8 heteroatoms. The van der Waals surface area contributed by atoms with Crippen LogP contribution in [0.4, 0.5) is 17.6 Å². The molecule has 0 spiro atoms. The highest BCUT2D eigenvalue weighted by molar-refractivity contribution is 4.87. The molecule has 0 amide bonds. The summed E-state index contributed by atoms with van der Waals surface area (Å²) in [7, 11) is 5.71. The molecule has 4 saturated heterocycles. The Morgan fingerprint density at radius 1 is 0.583 bits per heavy atom. The summed E-state index contributed by atoms with van der Waals surface area (Å²) >= 11 is 0. The second kappa shape index (κ2) is 19.6. The van der Waals surface area contributed by atoms with Crippen LogP contribution in [0.15, 0.2) is 0 Å². The second-order valence-electron chi connectivity index (χ2n) is 10.4. The van der Waals surface area contributed by atoms with E-state index in [0.717, 1.165) is 26.2 Å². The monoisotopic (exact) mass is 526 g/mol. The molecule has 36 heavy (non-hydrogen) atoms. The summed E-state index contributed by atoms with van der Waals surface area (Å²) in [5.74, 6) is -5.35. The largest absolute Gasteiger partial charge is 0.306 e. The third kappa shape index (κ3) is 15.7. The van der Waals surface area contributed by atoms with Gasteiger partial charge in [0.15, 0.2) is 0 Å². The SMILES string of the molecule is CC.CC.CN1CCC(CN2CCCCC2)C(F)(F)C1.CN1CCCC(F)(F)C1.CN1CCCCC1. The highest BCUT2D eigenvalue weighted by atomic mass is 19.3. The van der Waals surface area contributed by atoms with Gasteiger partial charge in [-0.1, -0.05) is 40.5 Å². The molecule has 4 heterocycles. The van der Waals surface area contributed by atoms with Crippen LogP contribution in [-0.4, -0.2) is 111 Å². The van der Waals surface area contributed by atoms with Crippen molar-refractivity contribution in [2.75, 3.05) is 80.0 Å². The predicted molar refractivity (Wildman–Crippen MR) is 147 cm³/mol. The van der Waals surface area contributed by atoms with Crippen LogP contribution in [0, 0.1) is 5.92 Å². The molecule has 218 valence electrons. The van der Waals surface area contributed by atoms with Crippen LogP contribution < -0.4 is 0 Å². The van der Waals surface area contributed by atoms with E-state index in [0.29, 0.717) is 19.4 Å². The average molecular weight is 527 g/mol. The van der Waals surface area contributed by atoms with Crippen molar-refractivity contribution in [1.29, 1.82) is 0 Å². The Kier molecular flexibility index (Phi) is 19.4. The van der Waals surface area contributed by atoms with Crippen molar-refractivity contribution in [3.8, 4) is 0 Å². The minimum absolute atomic E-state index is 0.0625. The van der Waals surface area contributed by atoms with Crippen molar-refractivity contribution in [3.63, 3.8) is 0 Å². The van der Waals surface area contributed by atoms with Crippen LogP contribution in [0.25, 0.3) is 0 Å². The second-order valence-corrected chi connectivity index (χ2v) is 10.4. The van der Waals surface area contributed by atoms with Crippen molar-refractivity contribution in [3.05, 3.63) is 0 Å². The smallest absolute Gasteiger partial charge is 0.264 e. The number of hydrogen-bond acceptors (Lipinski definition) is 4. The van der Waals surface area contributed by atoms with Crippen molar-refractivity contribution < 1.29 is 17.6 Å². The Morgan fingerprint density at radius 3 is 1.44 bits per heavy atom. The van der Waals surface area contributed by atoms with Gasteiger partial charge >= 0.3 is 0 Å². The summed E-state index contributed by atoms with van der Waals surface area (Å²) < 4.78 is 52.4. The molecular formula is C28H58F4N4. The van der Waals surface area contributed by atoms with E-state index in [1.807, 2.05) is 27.7 Å². The fourth-order valence-electron chi connectivity index (χ4n) is 5.05. The minimum atomic E-state index is -2.50. The van der Waals surface area contributed by atoms with E-state index >= 15 is 0 Å². The Bertz CT molecular complexity index is 510. The molecule has 0 aromatic rings. The van der Waals surface area contributed by atoms with Crippen LogP contribution >= 0.6 is 0 Å². The number of likely N-dealkylation sites (tertiary alicyclic amines) is 4. The van der Waals surface area contributed by atoms with E-state index < -0.39 is 17.8 Å². The number of piperidine rings is 4. The summed E-state index contributed by atoms with van der Waals surface area (Å²) in [5.41, 5.74) is 0. The molecule has 0 radical (unpaired) electrons. The lowest BCUT2D eigenvalue weighted by atomic mass is 9.92. The zero-order valence-electron chi connectivity index (χ0n) is 24.6. The van der Waals surface area contributed by atoms with E-state index in [2.05, 4.69) is 16.8 Å². The molecule has 4 rings (SSSR count). The molecule has 0 aromatic carbocycles. The maximum atomic E-state index is 13.8. The van der Waals surface area contributed by atoms with Crippen LogP contribution in [0.3, 0.4) is 0 Å². The Labute approximate surface area is 220 Å². The first-order valence-electron chi connectivity index (χ1n) is 14.6. The van der Waals surface area contributed by atoms with Crippen LogP contribution in [0.1, 0.15) is 85.5 Å². The zero-order valence-corrected chi connectivity index (χ0v) is 24.6. The van der Waals surface area contributed by atoms with Gasteiger partial charge in [-0.15, -0.1) is 0 Å². The molecule has 1 unspecified atom stereocenters. The predicted octanol–water partition coefficient (Wildman–Crippen LogP) is 6.56. The molecule has 4 nitrogen and oxygen atoms in total. The quantitative estimate of drug-likeness (QED) is 0.378. The molecule has 4 aliphatic rings. The highest BCUT2D eigenvalue weighted by Crippen LogP contribution is 2.33. The first-order chi connectivity index (χ1) is 17.1. The molecule has 4 fully saturated rings. The molecule has 0 aromatic heterocycles. The Hall–Kier alpha value is -0.440. The van der Waals surface area contributed by atoms with E-state index in [1.165, 1.54) is 51.6 Å². The number of rotatable bonds is 2. The summed E-state index contributed by atoms with van der Waals surface area (Å²) in [6.45, 7) is 14.8. The summed E-state index contributed by atoms with van der Waals surface area (Å²) in [6, 6.07) is 0. The fraction of sp³-hybridized carbons (Fsp3) is 1.00. The first kappa shape index (κ1) is 35.6. The number of nitrogens with zero attached hydrogens (tertiary/aromatic N) is 4. The molecule has 4 aliphatic heterocycles. The van der Waals surface area contributed by atoms with Crippen molar-refractivity contribution in [1.82, 2.24) is 19.6 Å². The maximum Gasteiger partial charge on any atom is 0.264 e. The molecule has 0 saturated carbocycles. The van der Waals surface area contributed by atoms with Gasteiger partial charge in [0.2, 0.25) is 0 Å². The van der Waals surface area contributed by atoms with Gasteiger partial charge in [0.1, 0.15) is 0 Å². The third-order valence-corrected chi connectivity index (χ3v) is 7.03. The van der Waals surface area contributed by atoms with E-state index in [9.17, 15) is 17.6 Å². The van der Waals surface area contributed by atoms with Gasteiger partial charge < -0.3 is 19.6 Å². The molecule has 0 bridgehead atoms. The fourth-order valence-corrected chi connectivity index (χ4v) is 5.05. The van der Waals surface area contributed by atoms with Gasteiger partial charge in [0, 0.05) is 18.9 Å². The van der Waals surface area contributed by atoms with E-state index in [4.69, 9.17) is 0 Å². The lowest BCUT2D eigenvalue weighted by molar-refractivity contribution is -0.114. The normalized spacial score (nSPS) is 26.9. The zero-order chi connectivity index (χ0) is 27.6. The van der Waals surface area contributed by atoms with Crippen molar-refractivity contribution >= 4 is 0 Å². The summed E-state index contributed by atoms with van der Waals surface area (Å²) in [5, 5.41) is 0. The van der Waals surface area contributed by atoms with E-state index in [1.54, 1.807) is 23.9 Å². The Balaban J connectivity index is 0.000000519. The highest BCUT2D eigenvalue weighted by Gasteiger charge is 2.44.